The van der Waals surface area contributed by atoms with Gasteiger partial charge in [0, 0.05) is 42.2 Å². The maximum atomic E-state index is 11.9. The van der Waals surface area contributed by atoms with Crippen molar-refractivity contribution in [2.45, 2.75) is 20.8 Å². The molecular formula is C14H20N4O. The SMILES string of the molecule is CCN=C/C(=C\N)c1cnc(C(=O)C(C)C)c(N)c1. The molecule has 0 aliphatic heterocycles. The van der Waals surface area contributed by atoms with E-state index < -0.39 is 0 Å². The lowest BCUT2D eigenvalue weighted by Gasteiger charge is -2.08. The number of aromatic nitrogens is 1. The minimum absolute atomic E-state index is 0.0652. The van der Waals surface area contributed by atoms with Crippen molar-refractivity contribution in [3.8, 4) is 0 Å². The number of carbonyl (C=O) groups is 1. The van der Waals surface area contributed by atoms with Crippen LogP contribution in [0.5, 0.6) is 0 Å². The number of rotatable bonds is 5. The smallest absolute Gasteiger partial charge is 0.185 e. The molecule has 0 aromatic carbocycles. The molecule has 0 fully saturated rings. The number of nitrogens with zero attached hydrogens (tertiary/aromatic N) is 2. The van der Waals surface area contributed by atoms with E-state index in [1.165, 1.54) is 6.20 Å². The molecule has 0 aliphatic carbocycles. The summed E-state index contributed by atoms with van der Waals surface area (Å²) in [4.78, 5) is 20.1. The standard InChI is InChI=1S/C14H20N4O/c1-4-17-7-11(6-15)10-5-12(16)13(18-8-10)14(19)9(2)3/h5-9H,4,15-16H2,1-3H3/b11-6+,17-7?. The van der Waals surface area contributed by atoms with Crippen LogP contribution >= 0.6 is 0 Å². The third-order valence-corrected chi connectivity index (χ3v) is 2.60. The van der Waals surface area contributed by atoms with Gasteiger partial charge in [0.25, 0.3) is 0 Å². The maximum absolute atomic E-state index is 11.9. The van der Waals surface area contributed by atoms with Crippen LogP contribution in [-0.4, -0.2) is 23.5 Å². The molecule has 0 spiro atoms. The minimum Gasteiger partial charge on any atom is -0.404 e. The number of pyridine rings is 1. The van der Waals surface area contributed by atoms with Crippen LogP contribution in [-0.2, 0) is 0 Å². The summed E-state index contributed by atoms with van der Waals surface area (Å²) in [6, 6.07) is 1.70. The normalized spacial score (nSPS) is 12.3. The number of hydrogen-bond acceptors (Lipinski definition) is 5. The average Bonchev–Trinajstić information content (AvgIpc) is 2.39. The van der Waals surface area contributed by atoms with Gasteiger partial charge in [-0.2, -0.15) is 0 Å². The van der Waals surface area contributed by atoms with Crippen LogP contribution in [0.4, 0.5) is 5.69 Å². The van der Waals surface area contributed by atoms with Crippen LogP contribution in [0.1, 0.15) is 36.8 Å². The van der Waals surface area contributed by atoms with Crippen LogP contribution in [0.3, 0.4) is 0 Å². The number of ketones is 1. The second-order valence-corrected chi connectivity index (χ2v) is 4.43. The summed E-state index contributed by atoms with van der Waals surface area (Å²) in [6.45, 7) is 6.23. The highest BCUT2D eigenvalue weighted by atomic mass is 16.1. The first-order chi connectivity index (χ1) is 9.01. The zero-order valence-corrected chi connectivity index (χ0v) is 11.6. The highest BCUT2D eigenvalue weighted by molar-refractivity contribution is 6.10. The Balaban J connectivity index is 3.12. The number of hydrogen-bond donors (Lipinski definition) is 2. The third-order valence-electron chi connectivity index (χ3n) is 2.60. The van der Waals surface area contributed by atoms with E-state index in [2.05, 4.69) is 9.98 Å². The van der Waals surface area contributed by atoms with Crippen molar-refractivity contribution in [3.63, 3.8) is 0 Å². The van der Waals surface area contributed by atoms with Gasteiger partial charge >= 0.3 is 0 Å². The Labute approximate surface area is 113 Å². The van der Waals surface area contributed by atoms with E-state index in [-0.39, 0.29) is 11.7 Å². The first-order valence-electron chi connectivity index (χ1n) is 6.23. The molecule has 19 heavy (non-hydrogen) atoms. The summed E-state index contributed by atoms with van der Waals surface area (Å²) < 4.78 is 0. The summed E-state index contributed by atoms with van der Waals surface area (Å²) in [5.74, 6) is -0.198. The molecule has 5 heteroatoms. The fourth-order valence-corrected chi connectivity index (χ4v) is 1.52. The number of Topliss-reactive ketones (excluding diaryl/α,β-unsaturated/α-hetero) is 1. The fourth-order valence-electron chi connectivity index (χ4n) is 1.52. The van der Waals surface area contributed by atoms with Gasteiger partial charge in [-0.15, -0.1) is 0 Å². The summed E-state index contributed by atoms with van der Waals surface area (Å²) in [7, 11) is 0. The number of nitrogens with two attached hydrogens (primary N) is 2. The molecule has 1 heterocycles. The Kier molecular flexibility index (Phi) is 5.23. The molecule has 1 rings (SSSR count). The highest BCUT2D eigenvalue weighted by Crippen LogP contribution is 2.19. The monoisotopic (exact) mass is 260 g/mol. The van der Waals surface area contributed by atoms with Gasteiger partial charge < -0.3 is 11.5 Å². The second-order valence-electron chi connectivity index (χ2n) is 4.43. The van der Waals surface area contributed by atoms with Gasteiger partial charge in [-0.3, -0.25) is 14.8 Å². The largest absolute Gasteiger partial charge is 0.404 e. The van der Waals surface area contributed by atoms with E-state index in [1.807, 2.05) is 20.8 Å². The maximum Gasteiger partial charge on any atom is 0.185 e. The molecule has 0 atom stereocenters. The van der Waals surface area contributed by atoms with Crippen LogP contribution in [0, 0.1) is 5.92 Å². The van der Waals surface area contributed by atoms with Crippen LogP contribution < -0.4 is 11.5 Å². The second kappa shape index (κ2) is 6.68. The van der Waals surface area contributed by atoms with Crippen molar-refractivity contribution in [1.29, 1.82) is 0 Å². The number of allylic oxidation sites excluding steroid dienone is 1. The molecule has 0 unspecified atom stereocenters. The molecule has 1 aromatic heterocycles. The van der Waals surface area contributed by atoms with E-state index in [1.54, 1.807) is 18.5 Å². The third kappa shape index (κ3) is 3.64. The zero-order chi connectivity index (χ0) is 14.4. The molecule has 5 nitrogen and oxygen atoms in total. The molecule has 102 valence electrons. The predicted molar refractivity (Wildman–Crippen MR) is 79.0 cm³/mol. The van der Waals surface area contributed by atoms with Crippen molar-refractivity contribution in [2.24, 2.45) is 16.6 Å². The Morgan fingerprint density at radius 3 is 2.68 bits per heavy atom. The van der Waals surface area contributed by atoms with Gasteiger partial charge in [-0.05, 0) is 13.0 Å². The fraction of sp³-hybridized carbons (Fsp3) is 0.357. The quantitative estimate of drug-likeness (QED) is 0.624. The van der Waals surface area contributed by atoms with E-state index >= 15 is 0 Å². The van der Waals surface area contributed by atoms with E-state index in [0.29, 0.717) is 17.9 Å². The molecular weight excluding hydrogens is 240 g/mol. The highest BCUT2D eigenvalue weighted by Gasteiger charge is 2.16. The van der Waals surface area contributed by atoms with Crippen LogP contribution in [0.2, 0.25) is 0 Å². The number of carbonyl (C=O) groups excluding carboxylic acids is 1. The van der Waals surface area contributed by atoms with Crippen molar-refractivity contribution in [1.82, 2.24) is 4.98 Å². The Morgan fingerprint density at radius 2 is 2.21 bits per heavy atom. The van der Waals surface area contributed by atoms with Crippen molar-refractivity contribution in [3.05, 3.63) is 29.7 Å². The molecule has 1 aromatic rings. The lowest BCUT2D eigenvalue weighted by atomic mass is 10.0. The summed E-state index contributed by atoms with van der Waals surface area (Å²) in [5.41, 5.74) is 13.6. The lowest BCUT2D eigenvalue weighted by molar-refractivity contribution is 0.0935. The molecule has 0 amide bonds. The van der Waals surface area contributed by atoms with Gasteiger partial charge in [0.2, 0.25) is 0 Å². The van der Waals surface area contributed by atoms with Gasteiger partial charge in [-0.1, -0.05) is 13.8 Å². The van der Waals surface area contributed by atoms with E-state index in [4.69, 9.17) is 11.5 Å². The minimum atomic E-state index is -0.133. The van der Waals surface area contributed by atoms with E-state index in [0.717, 1.165) is 11.1 Å². The van der Waals surface area contributed by atoms with E-state index in [9.17, 15) is 4.79 Å². The first-order valence-corrected chi connectivity index (χ1v) is 6.23. The summed E-state index contributed by atoms with van der Waals surface area (Å²) >= 11 is 0. The first kappa shape index (κ1) is 14.9. The Morgan fingerprint density at radius 1 is 1.53 bits per heavy atom. The lowest BCUT2D eigenvalue weighted by Crippen LogP contribution is -2.13. The zero-order valence-electron chi connectivity index (χ0n) is 11.6. The molecule has 0 aliphatic rings. The molecule has 0 radical (unpaired) electrons. The average molecular weight is 260 g/mol. The summed E-state index contributed by atoms with van der Waals surface area (Å²) in [5, 5.41) is 0. The molecule has 0 saturated heterocycles. The van der Waals surface area contributed by atoms with Crippen LogP contribution in [0.25, 0.3) is 5.57 Å². The number of nitrogen functional groups attached to an aromatic ring is 1. The molecule has 4 N–H and O–H groups in total. The van der Waals surface area contributed by atoms with Gasteiger partial charge in [-0.25, -0.2) is 0 Å². The van der Waals surface area contributed by atoms with Crippen LogP contribution in [0.15, 0.2) is 23.5 Å². The van der Waals surface area contributed by atoms with Crippen molar-refractivity contribution < 1.29 is 4.79 Å². The number of aliphatic imine (C=N–C) groups is 1. The topological polar surface area (TPSA) is 94.4 Å². The molecule has 0 saturated carbocycles. The molecule has 0 bridgehead atoms. The van der Waals surface area contributed by atoms with Crippen molar-refractivity contribution >= 4 is 23.3 Å². The van der Waals surface area contributed by atoms with Gasteiger partial charge in [0.05, 0.1) is 5.69 Å². The van der Waals surface area contributed by atoms with Crippen molar-refractivity contribution in [2.75, 3.05) is 12.3 Å². The Hall–Kier alpha value is -2.17. The predicted octanol–water partition coefficient (Wildman–Crippen LogP) is 1.89. The van der Waals surface area contributed by atoms with Gasteiger partial charge in [0.15, 0.2) is 5.78 Å². The Bertz CT molecular complexity index is 518. The van der Waals surface area contributed by atoms with Gasteiger partial charge in [0.1, 0.15) is 5.69 Å². The summed E-state index contributed by atoms with van der Waals surface area (Å²) in [6.07, 6.45) is 4.70. The number of anilines is 1.